The molecule has 0 radical (unpaired) electrons. The number of carbonyl (C=O) groups excluding carboxylic acids is 1. The number of nitrogens with one attached hydrogen (secondary N) is 2. The van der Waals surface area contributed by atoms with Crippen molar-refractivity contribution >= 4 is 5.91 Å². The summed E-state index contributed by atoms with van der Waals surface area (Å²) >= 11 is 0. The van der Waals surface area contributed by atoms with Crippen LogP contribution in [0.2, 0.25) is 0 Å². The van der Waals surface area contributed by atoms with Crippen LogP contribution in [0.15, 0.2) is 0 Å². The number of carbonyl (C=O) groups is 1. The van der Waals surface area contributed by atoms with Crippen LogP contribution in [-0.2, 0) is 4.79 Å². The van der Waals surface area contributed by atoms with Gasteiger partial charge in [0.2, 0.25) is 5.91 Å². The molecule has 0 aromatic carbocycles. The van der Waals surface area contributed by atoms with Crippen molar-refractivity contribution in [2.45, 2.75) is 39.2 Å². The lowest BCUT2D eigenvalue weighted by Crippen LogP contribution is -2.40. The van der Waals surface area contributed by atoms with Gasteiger partial charge in [0.05, 0.1) is 6.54 Å². The molecule has 1 fully saturated rings. The third-order valence-corrected chi connectivity index (χ3v) is 3.38. The van der Waals surface area contributed by atoms with Gasteiger partial charge in [-0.2, -0.15) is 0 Å². The summed E-state index contributed by atoms with van der Waals surface area (Å²) < 4.78 is 0. The van der Waals surface area contributed by atoms with Crippen molar-refractivity contribution in [1.82, 2.24) is 15.5 Å². The van der Waals surface area contributed by atoms with Gasteiger partial charge in [-0.3, -0.25) is 4.79 Å². The Balaban J connectivity index is 2.00. The monoisotopic (exact) mass is 241 g/mol. The Kier molecular flexibility index (Phi) is 6.52. The zero-order valence-electron chi connectivity index (χ0n) is 11.5. The Morgan fingerprint density at radius 1 is 1.47 bits per heavy atom. The van der Waals surface area contributed by atoms with Crippen LogP contribution in [0, 0.1) is 5.92 Å². The first-order valence-corrected chi connectivity index (χ1v) is 6.77. The number of amides is 1. The van der Waals surface area contributed by atoms with Gasteiger partial charge in [0.1, 0.15) is 0 Å². The van der Waals surface area contributed by atoms with E-state index in [4.69, 9.17) is 0 Å². The average Bonchev–Trinajstić information content (AvgIpc) is 2.64. The highest BCUT2D eigenvalue weighted by Crippen LogP contribution is 2.13. The first-order chi connectivity index (χ1) is 8.09. The van der Waals surface area contributed by atoms with Gasteiger partial charge in [-0.05, 0) is 38.8 Å². The number of hydrogen-bond acceptors (Lipinski definition) is 3. The van der Waals surface area contributed by atoms with Crippen LogP contribution < -0.4 is 10.6 Å². The fourth-order valence-electron chi connectivity index (χ4n) is 2.15. The van der Waals surface area contributed by atoms with Crippen molar-refractivity contribution in [2.75, 3.05) is 33.2 Å². The molecule has 1 amide bonds. The molecule has 1 unspecified atom stereocenters. The van der Waals surface area contributed by atoms with E-state index in [0.717, 1.165) is 19.5 Å². The molecule has 2 N–H and O–H groups in total. The van der Waals surface area contributed by atoms with Crippen LogP contribution in [0.3, 0.4) is 0 Å². The second-order valence-electron chi connectivity index (χ2n) is 5.44. The molecule has 1 aliphatic rings. The number of hydrogen-bond donors (Lipinski definition) is 2. The van der Waals surface area contributed by atoms with E-state index >= 15 is 0 Å². The Labute approximate surface area is 105 Å². The summed E-state index contributed by atoms with van der Waals surface area (Å²) in [5, 5.41) is 6.18. The van der Waals surface area contributed by atoms with E-state index in [1.807, 2.05) is 0 Å². The zero-order valence-corrected chi connectivity index (χ0v) is 11.5. The number of rotatable bonds is 7. The van der Waals surface area contributed by atoms with Crippen LogP contribution >= 0.6 is 0 Å². The standard InChI is InChI=1S/C13H27N3O/c1-11(2)6-7-15-13(17)10-14-9-12-5-4-8-16(12)3/h11-12,14H,4-10H2,1-3H3,(H,15,17). The minimum absolute atomic E-state index is 0.117. The van der Waals surface area contributed by atoms with Crippen molar-refractivity contribution in [3.05, 3.63) is 0 Å². The van der Waals surface area contributed by atoms with Crippen LogP contribution in [0.1, 0.15) is 33.1 Å². The van der Waals surface area contributed by atoms with Crippen molar-refractivity contribution < 1.29 is 4.79 Å². The highest BCUT2D eigenvalue weighted by Gasteiger charge is 2.20. The third-order valence-electron chi connectivity index (χ3n) is 3.38. The molecule has 1 saturated heterocycles. The number of nitrogens with zero attached hydrogens (tertiary/aromatic N) is 1. The summed E-state index contributed by atoms with van der Waals surface area (Å²) in [4.78, 5) is 13.9. The first kappa shape index (κ1) is 14.5. The summed E-state index contributed by atoms with van der Waals surface area (Å²) in [5.41, 5.74) is 0. The maximum absolute atomic E-state index is 11.5. The number of likely N-dealkylation sites (tertiary alicyclic amines) is 1. The Morgan fingerprint density at radius 2 is 2.24 bits per heavy atom. The molecule has 0 aliphatic carbocycles. The predicted octanol–water partition coefficient (Wildman–Crippen LogP) is 0.833. The topological polar surface area (TPSA) is 44.4 Å². The molecule has 0 spiro atoms. The molecule has 1 atom stereocenters. The molecular formula is C13H27N3O. The summed E-state index contributed by atoms with van der Waals surface area (Å²) in [6.45, 7) is 7.69. The minimum atomic E-state index is 0.117. The first-order valence-electron chi connectivity index (χ1n) is 6.77. The van der Waals surface area contributed by atoms with Gasteiger partial charge in [-0.25, -0.2) is 0 Å². The molecule has 0 saturated carbocycles. The minimum Gasteiger partial charge on any atom is -0.355 e. The summed E-state index contributed by atoms with van der Waals surface area (Å²) in [5.74, 6) is 0.765. The molecule has 1 aliphatic heterocycles. The average molecular weight is 241 g/mol. The molecule has 0 bridgehead atoms. The largest absolute Gasteiger partial charge is 0.355 e. The quantitative estimate of drug-likeness (QED) is 0.694. The van der Waals surface area contributed by atoms with E-state index in [1.54, 1.807) is 0 Å². The van der Waals surface area contributed by atoms with Crippen LogP contribution in [0.4, 0.5) is 0 Å². The molecule has 0 aromatic heterocycles. The van der Waals surface area contributed by atoms with E-state index in [2.05, 4.69) is 36.4 Å². The van der Waals surface area contributed by atoms with Crippen LogP contribution in [-0.4, -0.2) is 50.1 Å². The maximum Gasteiger partial charge on any atom is 0.233 e. The molecule has 1 heterocycles. The van der Waals surface area contributed by atoms with Crippen molar-refractivity contribution in [1.29, 1.82) is 0 Å². The summed E-state index contributed by atoms with van der Waals surface area (Å²) in [6, 6.07) is 0.610. The summed E-state index contributed by atoms with van der Waals surface area (Å²) in [6.07, 6.45) is 3.58. The Bertz CT molecular complexity index is 231. The zero-order chi connectivity index (χ0) is 12.7. The van der Waals surface area contributed by atoms with Crippen molar-refractivity contribution in [2.24, 2.45) is 5.92 Å². The van der Waals surface area contributed by atoms with Gasteiger partial charge in [-0.15, -0.1) is 0 Å². The lowest BCUT2D eigenvalue weighted by atomic mass is 10.1. The van der Waals surface area contributed by atoms with E-state index in [9.17, 15) is 4.79 Å². The van der Waals surface area contributed by atoms with Crippen molar-refractivity contribution in [3.8, 4) is 0 Å². The van der Waals surface area contributed by atoms with Gasteiger partial charge in [0.25, 0.3) is 0 Å². The Morgan fingerprint density at radius 3 is 2.82 bits per heavy atom. The molecule has 4 heteroatoms. The van der Waals surface area contributed by atoms with Gasteiger partial charge >= 0.3 is 0 Å². The molecule has 0 aromatic rings. The fourth-order valence-corrected chi connectivity index (χ4v) is 2.15. The molecule has 1 rings (SSSR count). The van der Waals surface area contributed by atoms with Gasteiger partial charge < -0.3 is 15.5 Å². The van der Waals surface area contributed by atoms with Crippen molar-refractivity contribution in [3.63, 3.8) is 0 Å². The smallest absolute Gasteiger partial charge is 0.233 e. The Hall–Kier alpha value is -0.610. The number of likely N-dealkylation sites (N-methyl/N-ethyl adjacent to an activating group) is 1. The third kappa shape index (κ3) is 6.03. The van der Waals surface area contributed by atoms with Gasteiger partial charge in [-0.1, -0.05) is 13.8 Å². The SMILES string of the molecule is CC(C)CCNC(=O)CNCC1CCCN1C. The lowest BCUT2D eigenvalue weighted by Gasteiger charge is -2.19. The molecule has 4 nitrogen and oxygen atoms in total. The maximum atomic E-state index is 11.5. The second-order valence-corrected chi connectivity index (χ2v) is 5.44. The highest BCUT2D eigenvalue weighted by molar-refractivity contribution is 5.77. The lowest BCUT2D eigenvalue weighted by molar-refractivity contribution is -0.120. The van der Waals surface area contributed by atoms with E-state index in [0.29, 0.717) is 18.5 Å². The van der Waals surface area contributed by atoms with E-state index < -0.39 is 0 Å². The van der Waals surface area contributed by atoms with Gasteiger partial charge in [0.15, 0.2) is 0 Å². The van der Waals surface area contributed by atoms with Crippen LogP contribution in [0.25, 0.3) is 0 Å². The second kappa shape index (κ2) is 7.67. The van der Waals surface area contributed by atoms with E-state index in [-0.39, 0.29) is 5.91 Å². The molecule has 100 valence electrons. The predicted molar refractivity (Wildman–Crippen MR) is 71.0 cm³/mol. The molecular weight excluding hydrogens is 214 g/mol. The highest BCUT2D eigenvalue weighted by atomic mass is 16.1. The molecule has 17 heavy (non-hydrogen) atoms. The normalized spacial score (nSPS) is 21.1. The van der Waals surface area contributed by atoms with Crippen LogP contribution in [0.5, 0.6) is 0 Å². The van der Waals surface area contributed by atoms with Gasteiger partial charge in [0, 0.05) is 19.1 Å². The fraction of sp³-hybridized carbons (Fsp3) is 0.923. The van der Waals surface area contributed by atoms with E-state index in [1.165, 1.54) is 19.4 Å². The summed E-state index contributed by atoms with van der Waals surface area (Å²) in [7, 11) is 2.15.